The maximum atomic E-state index is 7.69. The number of nitrogens with zero attached hydrogens (tertiary/aromatic N) is 2. The summed E-state index contributed by atoms with van der Waals surface area (Å²) in [4.78, 5) is 8.69. The van der Waals surface area contributed by atoms with Crippen molar-refractivity contribution in [1.29, 1.82) is 0 Å². The number of hydrogen-bond donors (Lipinski definition) is 0. The molecule has 0 aliphatic heterocycles. The first-order valence-corrected chi connectivity index (χ1v) is 12.6. The maximum absolute atomic E-state index is 7.69. The van der Waals surface area contributed by atoms with Crippen LogP contribution in [0.15, 0.2) is 79.0 Å². The SMILES string of the molecule is [C-]#[N+]c1cccc2ccc3c4ccnc(-c5[c-]c6c7c(c5)CCc5cccc(c5-7)CC6)c4ccc3c12.[Ir]. The third-order valence-electron chi connectivity index (χ3n) is 8.16. The Balaban J connectivity index is 0.00000231. The minimum Gasteiger partial charge on any atom is -0.304 e. The number of hydrogen-bond acceptors (Lipinski definition) is 1. The summed E-state index contributed by atoms with van der Waals surface area (Å²) in [5, 5.41) is 6.73. The van der Waals surface area contributed by atoms with Gasteiger partial charge >= 0.3 is 0 Å². The summed E-state index contributed by atoms with van der Waals surface area (Å²) < 4.78 is 0. The number of aryl methyl sites for hydroxylation is 4. The van der Waals surface area contributed by atoms with Crippen LogP contribution in [0.4, 0.5) is 5.69 Å². The molecular weight excluding hydrogens is 629 g/mol. The van der Waals surface area contributed by atoms with E-state index in [1.807, 2.05) is 18.3 Å². The molecule has 0 fully saturated rings. The molecule has 2 nitrogen and oxygen atoms in total. The van der Waals surface area contributed by atoms with Gasteiger partial charge < -0.3 is 4.98 Å². The molecule has 177 valence electrons. The Labute approximate surface area is 229 Å². The summed E-state index contributed by atoms with van der Waals surface area (Å²) in [5.74, 6) is 0. The van der Waals surface area contributed by atoms with Crippen molar-refractivity contribution in [3.8, 4) is 22.4 Å². The molecule has 0 amide bonds. The smallest absolute Gasteiger partial charge is 0.195 e. The van der Waals surface area contributed by atoms with E-state index in [2.05, 4.69) is 71.6 Å². The van der Waals surface area contributed by atoms with Crippen LogP contribution >= 0.6 is 0 Å². The molecule has 0 N–H and O–H groups in total. The van der Waals surface area contributed by atoms with Crippen LogP contribution in [-0.2, 0) is 45.8 Å². The molecule has 5 aromatic carbocycles. The summed E-state index contributed by atoms with van der Waals surface area (Å²) in [5.41, 5.74) is 11.5. The number of aromatic nitrogens is 1. The van der Waals surface area contributed by atoms with Gasteiger partial charge in [-0.3, -0.25) is 0 Å². The largest absolute Gasteiger partial charge is 0.304 e. The zero-order chi connectivity index (χ0) is 23.8. The zero-order valence-corrected chi connectivity index (χ0v) is 22.5. The third kappa shape index (κ3) is 3.17. The Morgan fingerprint density at radius 1 is 0.703 bits per heavy atom. The van der Waals surface area contributed by atoms with Crippen LogP contribution in [0, 0.1) is 12.6 Å². The molecule has 0 saturated carbocycles. The number of pyridine rings is 1. The second-order valence-electron chi connectivity index (χ2n) is 9.98. The zero-order valence-electron chi connectivity index (χ0n) is 20.1. The van der Waals surface area contributed by atoms with Crippen LogP contribution in [0.1, 0.15) is 22.3 Å². The van der Waals surface area contributed by atoms with Gasteiger partial charge in [-0.15, -0.1) is 28.8 Å². The second kappa shape index (κ2) is 8.35. The predicted molar refractivity (Wildman–Crippen MR) is 148 cm³/mol. The van der Waals surface area contributed by atoms with Crippen LogP contribution < -0.4 is 0 Å². The molecule has 2 aliphatic carbocycles. The normalized spacial score (nSPS) is 13.3. The molecule has 1 aromatic heterocycles. The molecule has 3 heteroatoms. The molecule has 0 spiro atoms. The fraction of sp³-hybridized carbons (Fsp3) is 0.118. The summed E-state index contributed by atoms with van der Waals surface area (Å²) in [6.07, 6.45) is 6.21. The summed E-state index contributed by atoms with van der Waals surface area (Å²) in [7, 11) is 0. The van der Waals surface area contributed by atoms with Crippen molar-refractivity contribution < 1.29 is 20.1 Å². The van der Waals surface area contributed by atoms with Crippen molar-refractivity contribution in [2.24, 2.45) is 0 Å². The van der Waals surface area contributed by atoms with Crippen molar-refractivity contribution in [1.82, 2.24) is 4.98 Å². The summed E-state index contributed by atoms with van der Waals surface area (Å²) in [6.45, 7) is 7.69. The fourth-order valence-electron chi connectivity index (χ4n) is 6.59. The average molecular weight is 650 g/mol. The van der Waals surface area contributed by atoms with Crippen LogP contribution in [0.2, 0.25) is 0 Å². The van der Waals surface area contributed by atoms with Crippen molar-refractivity contribution in [2.45, 2.75) is 25.7 Å². The van der Waals surface area contributed by atoms with Crippen LogP contribution in [-0.4, -0.2) is 4.98 Å². The molecule has 2 aliphatic rings. The minimum absolute atomic E-state index is 0. The van der Waals surface area contributed by atoms with Gasteiger partial charge in [-0.2, -0.15) is 0 Å². The summed E-state index contributed by atoms with van der Waals surface area (Å²) in [6, 6.07) is 29.7. The Bertz CT molecular complexity index is 1910. The number of fused-ring (bicyclic) bond motifs is 5. The van der Waals surface area contributed by atoms with Gasteiger partial charge in [-0.1, -0.05) is 71.8 Å². The molecule has 37 heavy (non-hydrogen) atoms. The van der Waals surface area contributed by atoms with Gasteiger partial charge in [0.15, 0.2) is 5.69 Å². The maximum Gasteiger partial charge on any atom is 0.195 e. The van der Waals surface area contributed by atoms with Gasteiger partial charge in [-0.25, -0.2) is 4.85 Å². The van der Waals surface area contributed by atoms with Crippen molar-refractivity contribution in [3.63, 3.8) is 0 Å². The van der Waals surface area contributed by atoms with E-state index in [0.29, 0.717) is 5.69 Å². The van der Waals surface area contributed by atoms with Crippen LogP contribution in [0.3, 0.4) is 0 Å². The number of rotatable bonds is 1. The van der Waals surface area contributed by atoms with E-state index in [0.717, 1.165) is 63.9 Å². The molecule has 1 radical (unpaired) electrons. The van der Waals surface area contributed by atoms with E-state index in [1.165, 1.54) is 38.8 Å². The van der Waals surface area contributed by atoms with E-state index in [-0.39, 0.29) is 20.1 Å². The molecule has 0 unspecified atom stereocenters. The van der Waals surface area contributed by atoms with E-state index in [1.54, 1.807) is 0 Å². The van der Waals surface area contributed by atoms with Gasteiger partial charge in [0.25, 0.3) is 0 Å². The first-order valence-electron chi connectivity index (χ1n) is 12.6. The molecular formula is C34H21IrN2-. The minimum atomic E-state index is 0. The Morgan fingerprint density at radius 2 is 1.43 bits per heavy atom. The summed E-state index contributed by atoms with van der Waals surface area (Å²) >= 11 is 0. The van der Waals surface area contributed by atoms with Crippen molar-refractivity contribution in [3.05, 3.63) is 119 Å². The first kappa shape index (κ1) is 22.4. The Morgan fingerprint density at radius 3 is 2.30 bits per heavy atom. The van der Waals surface area contributed by atoms with Gasteiger partial charge in [0.1, 0.15) is 0 Å². The standard InChI is InChI=1S/C34H21N2.Ir/c1-35-30-7-3-6-22-12-13-26-27-16-17-36-34(29(27)15-14-28(26)33(22)30)25-18-23-10-8-20-4-2-5-21-9-11-24(19-25)32(23)31(20)21;/h2-7,12-18H,8-11H2;/q-1;. The number of benzene rings is 5. The predicted octanol–water partition coefficient (Wildman–Crippen LogP) is 8.42. The van der Waals surface area contributed by atoms with E-state index >= 15 is 0 Å². The van der Waals surface area contributed by atoms with E-state index in [9.17, 15) is 0 Å². The monoisotopic (exact) mass is 650 g/mol. The van der Waals surface area contributed by atoms with Gasteiger partial charge in [0.2, 0.25) is 0 Å². The second-order valence-corrected chi connectivity index (χ2v) is 9.98. The molecule has 6 aromatic rings. The Kier molecular flexibility index (Phi) is 5.05. The molecule has 0 saturated heterocycles. The van der Waals surface area contributed by atoms with Gasteiger partial charge in [-0.05, 0) is 80.9 Å². The molecule has 8 rings (SSSR count). The quantitative estimate of drug-likeness (QED) is 0.129. The molecule has 0 bridgehead atoms. The van der Waals surface area contributed by atoms with E-state index < -0.39 is 0 Å². The van der Waals surface area contributed by atoms with Gasteiger partial charge in [0, 0.05) is 26.3 Å². The van der Waals surface area contributed by atoms with Gasteiger partial charge in [0.05, 0.1) is 6.57 Å². The first-order chi connectivity index (χ1) is 17.8. The molecule has 0 atom stereocenters. The topological polar surface area (TPSA) is 17.2 Å². The van der Waals surface area contributed by atoms with Crippen LogP contribution in [0.5, 0.6) is 0 Å². The average Bonchev–Trinajstić information content (AvgIpc) is 2.94. The Hall–Kier alpha value is -3.83. The molecule has 1 heterocycles. The fourth-order valence-corrected chi connectivity index (χ4v) is 6.59. The third-order valence-corrected chi connectivity index (χ3v) is 8.16. The van der Waals surface area contributed by atoms with Crippen molar-refractivity contribution in [2.75, 3.05) is 0 Å². The van der Waals surface area contributed by atoms with Crippen molar-refractivity contribution >= 4 is 38.0 Å². The van der Waals surface area contributed by atoms with E-state index in [4.69, 9.17) is 11.6 Å². The van der Waals surface area contributed by atoms with Crippen LogP contribution in [0.25, 0.3) is 59.5 Å².